The van der Waals surface area contributed by atoms with Crippen molar-refractivity contribution in [1.29, 1.82) is 0 Å². The molecule has 1 saturated heterocycles. The summed E-state index contributed by atoms with van der Waals surface area (Å²) in [7, 11) is 0. The highest BCUT2D eigenvalue weighted by Gasteiger charge is 2.21. The van der Waals surface area contributed by atoms with Crippen molar-refractivity contribution in [1.82, 2.24) is 10.6 Å². The minimum absolute atomic E-state index is 0. The average Bonchev–Trinajstić information content (AvgIpc) is 2.56. The Hall–Kier alpha value is -1.66. The quantitative estimate of drug-likeness (QED) is 0.581. The van der Waals surface area contributed by atoms with E-state index in [1.807, 2.05) is 0 Å². The number of nitro groups is 1. The predicted molar refractivity (Wildman–Crippen MR) is 96.4 cm³/mol. The fourth-order valence-corrected chi connectivity index (χ4v) is 3.03. The Morgan fingerprint density at radius 1 is 1.42 bits per heavy atom. The zero-order valence-electron chi connectivity index (χ0n) is 14.0. The van der Waals surface area contributed by atoms with Gasteiger partial charge in [0, 0.05) is 25.1 Å². The van der Waals surface area contributed by atoms with Gasteiger partial charge in [0.2, 0.25) is 5.91 Å². The molecule has 1 aliphatic heterocycles. The van der Waals surface area contributed by atoms with Crippen molar-refractivity contribution >= 4 is 24.0 Å². The molecule has 24 heavy (non-hydrogen) atoms. The molecule has 2 N–H and O–H groups in total. The second-order valence-electron chi connectivity index (χ2n) is 6.31. The molecule has 1 amide bonds. The molecular formula is C17H26ClN3O3. The zero-order valence-corrected chi connectivity index (χ0v) is 14.8. The number of benzene rings is 1. The van der Waals surface area contributed by atoms with Gasteiger partial charge in [-0.05, 0) is 49.8 Å². The standard InChI is InChI=1S/C17H25N3O3.ClH/c1-13(15-3-2-9-18-12-15)11-17(21)19-10-8-14-4-6-16(7-5-14)20(22)23;/h4-7,13,15,18H,2-3,8-12H2,1H3,(H,19,21);1H. The Morgan fingerprint density at radius 3 is 2.71 bits per heavy atom. The van der Waals surface area contributed by atoms with E-state index in [2.05, 4.69) is 17.6 Å². The van der Waals surface area contributed by atoms with Crippen molar-refractivity contribution in [2.45, 2.75) is 32.6 Å². The molecule has 1 aromatic rings. The van der Waals surface area contributed by atoms with Crippen LogP contribution in [0.3, 0.4) is 0 Å². The lowest BCUT2D eigenvalue weighted by Gasteiger charge is -2.28. The molecule has 1 aromatic carbocycles. The molecule has 1 fully saturated rings. The molecule has 2 unspecified atom stereocenters. The first-order chi connectivity index (χ1) is 11.1. The van der Waals surface area contributed by atoms with Gasteiger partial charge in [-0.2, -0.15) is 0 Å². The number of piperidine rings is 1. The second-order valence-corrected chi connectivity index (χ2v) is 6.31. The van der Waals surface area contributed by atoms with Gasteiger partial charge in [-0.3, -0.25) is 14.9 Å². The third-order valence-corrected chi connectivity index (χ3v) is 4.53. The maximum atomic E-state index is 12.0. The summed E-state index contributed by atoms with van der Waals surface area (Å²) in [6.07, 6.45) is 3.64. The minimum atomic E-state index is -0.410. The molecule has 2 rings (SSSR count). The first-order valence-corrected chi connectivity index (χ1v) is 8.27. The van der Waals surface area contributed by atoms with Crippen molar-refractivity contribution < 1.29 is 9.72 Å². The van der Waals surface area contributed by atoms with Crippen LogP contribution in [0.4, 0.5) is 5.69 Å². The number of rotatable bonds is 7. The van der Waals surface area contributed by atoms with Crippen LogP contribution in [0, 0.1) is 22.0 Å². The molecule has 7 heteroatoms. The number of nitro benzene ring substituents is 1. The van der Waals surface area contributed by atoms with E-state index < -0.39 is 4.92 Å². The lowest BCUT2D eigenvalue weighted by molar-refractivity contribution is -0.384. The number of nitrogens with zero attached hydrogens (tertiary/aromatic N) is 1. The number of non-ortho nitro benzene ring substituents is 1. The molecule has 0 spiro atoms. The lowest BCUT2D eigenvalue weighted by Crippen LogP contribution is -2.36. The smallest absolute Gasteiger partial charge is 0.269 e. The molecule has 1 heterocycles. The van der Waals surface area contributed by atoms with Gasteiger partial charge in [-0.15, -0.1) is 12.4 Å². The number of hydrogen-bond donors (Lipinski definition) is 2. The maximum Gasteiger partial charge on any atom is 0.269 e. The monoisotopic (exact) mass is 355 g/mol. The molecular weight excluding hydrogens is 330 g/mol. The van der Waals surface area contributed by atoms with E-state index in [-0.39, 0.29) is 24.0 Å². The van der Waals surface area contributed by atoms with Gasteiger partial charge >= 0.3 is 0 Å². The first kappa shape index (κ1) is 20.4. The summed E-state index contributed by atoms with van der Waals surface area (Å²) < 4.78 is 0. The van der Waals surface area contributed by atoms with Gasteiger partial charge in [-0.1, -0.05) is 19.1 Å². The van der Waals surface area contributed by atoms with Gasteiger partial charge < -0.3 is 10.6 Å². The summed E-state index contributed by atoms with van der Waals surface area (Å²) in [5.41, 5.74) is 1.08. The summed E-state index contributed by atoms with van der Waals surface area (Å²) in [5.74, 6) is 1.07. The number of carbonyl (C=O) groups is 1. The number of nitrogens with one attached hydrogen (secondary N) is 2. The van der Waals surface area contributed by atoms with Crippen molar-refractivity contribution in [3.63, 3.8) is 0 Å². The van der Waals surface area contributed by atoms with E-state index in [0.29, 0.717) is 31.2 Å². The highest BCUT2D eigenvalue weighted by Crippen LogP contribution is 2.22. The van der Waals surface area contributed by atoms with Gasteiger partial charge in [0.25, 0.3) is 5.69 Å². The normalized spacial score (nSPS) is 18.3. The topological polar surface area (TPSA) is 84.3 Å². The van der Waals surface area contributed by atoms with E-state index in [1.54, 1.807) is 12.1 Å². The van der Waals surface area contributed by atoms with Crippen molar-refractivity contribution in [2.75, 3.05) is 19.6 Å². The Kier molecular flexibility index (Phi) is 8.71. The van der Waals surface area contributed by atoms with Gasteiger partial charge in [0.1, 0.15) is 0 Å². The molecule has 0 aliphatic carbocycles. The molecule has 0 saturated carbocycles. The number of hydrogen-bond acceptors (Lipinski definition) is 4. The largest absolute Gasteiger partial charge is 0.356 e. The van der Waals surface area contributed by atoms with Gasteiger partial charge in [0.05, 0.1) is 4.92 Å². The number of halogens is 1. The molecule has 2 atom stereocenters. The predicted octanol–water partition coefficient (Wildman–Crippen LogP) is 2.70. The molecule has 134 valence electrons. The van der Waals surface area contributed by atoms with E-state index in [9.17, 15) is 14.9 Å². The fourth-order valence-electron chi connectivity index (χ4n) is 3.03. The molecule has 0 aromatic heterocycles. The van der Waals surface area contributed by atoms with Crippen molar-refractivity contribution in [3.8, 4) is 0 Å². The van der Waals surface area contributed by atoms with Crippen LogP contribution >= 0.6 is 12.4 Å². The van der Waals surface area contributed by atoms with E-state index >= 15 is 0 Å². The van der Waals surface area contributed by atoms with Crippen LogP contribution in [0.5, 0.6) is 0 Å². The maximum absolute atomic E-state index is 12.0. The van der Waals surface area contributed by atoms with Crippen LogP contribution in [-0.4, -0.2) is 30.5 Å². The average molecular weight is 356 g/mol. The number of carbonyl (C=O) groups excluding carboxylic acids is 1. The molecule has 0 radical (unpaired) electrons. The Bertz CT molecular complexity index is 530. The third-order valence-electron chi connectivity index (χ3n) is 4.53. The summed E-state index contributed by atoms with van der Waals surface area (Å²) in [5, 5.41) is 16.9. The number of amides is 1. The Labute approximate surface area is 149 Å². The van der Waals surface area contributed by atoms with Crippen LogP contribution in [0.25, 0.3) is 0 Å². The van der Waals surface area contributed by atoms with Crippen LogP contribution in [0.2, 0.25) is 0 Å². The summed E-state index contributed by atoms with van der Waals surface area (Å²) in [4.78, 5) is 22.2. The summed E-state index contributed by atoms with van der Waals surface area (Å²) in [6, 6.07) is 6.46. The van der Waals surface area contributed by atoms with Crippen LogP contribution in [0.15, 0.2) is 24.3 Å². The Balaban J connectivity index is 0.00000288. The van der Waals surface area contributed by atoms with Crippen molar-refractivity contribution in [3.05, 3.63) is 39.9 Å². The molecule has 1 aliphatic rings. The van der Waals surface area contributed by atoms with Gasteiger partial charge in [-0.25, -0.2) is 0 Å². The second kappa shape index (κ2) is 10.3. The van der Waals surface area contributed by atoms with Crippen LogP contribution < -0.4 is 10.6 Å². The third kappa shape index (κ3) is 6.45. The van der Waals surface area contributed by atoms with E-state index in [4.69, 9.17) is 0 Å². The van der Waals surface area contributed by atoms with E-state index in [0.717, 1.165) is 18.7 Å². The van der Waals surface area contributed by atoms with Crippen LogP contribution in [0.1, 0.15) is 31.7 Å². The van der Waals surface area contributed by atoms with Crippen LogP contribution in [-0.2, 0) is 11.2 Å². The first-order valence-electron chi connectivity index (χ1n) is 8.27. The minimum Gasteiger partial charge on any atom is -0.356 e. The Morgan fingerprint density at radius 2 is 2.12 bits per heavy atom. The molecule has 0 bridgehead atoms. The molecule has 6 nitrogen and oxygen atoms in total. The zero-order chi connectivity index (χ0) is 16.7. The highest BCUT2D eigenvalue weighted by atomic mass is 35.5. The lowest BCUT2D eigenvalue weighted by atomic mass is 9.85. The highest BCUT2D eigenvalue weighted by molar-refractivity contribution is 5.85. The van der Waals surface area contributed by atoms with Gasteiger partial charge in [0.15, 0.2) is 0 Å². The van der Waals surface area contributed by atoms with E-state index in [1.165, 1.54) is 25.0 Å². The summed E-state index contributed by atoms with van der Waals surface area (Å²) >= 11 is 0. The fraction of sp³-hybridized carbons (Fsp3) is 0.588. The SMILES string of the molecule is CC(CC(=O)NCCc1ccc([N+](=O)[O-])cc1)C1CCCNC1.Cl. The summed E-state index contributed by atoms with van der Waals surface area (Å²) in [6.45, 7) is 4.81. The van der Waals surface area contributed by atoms with Crippen molar-refractivity contribution in [2.24, 2.45) is 11.8 Å².